The minimum absolute atomic E-state index is 0.350. The van der Waals surface area contributed by atoms with Gasteiger partial charge in [-0.15, -0.1) is 0 Å². The first kappa shape index (κ1) is 16.8. The standard InChI is InChI=1S/C13H16BrF3N2O/c1-3-12(2,11(20)18-8-13(15,16)17)19-10-6-4-5-9(14)7-10/h4-7,19H,3,8H2,1-2H3,(H,18,20)/t12-/m1/s1. The lowest BCUT2D eigenvalue weighted by Gasteiger charge is -2.29. The van der Waals surface area contributed by atoms with E-state index in [9.17, 15) is 18.0 Å². The summed E-state index contributed by atoms with van der Waals surface area (Å²) in [5.41, 5.74) is -0.447. The lowest BCUT2D eigenvalue weighted by atomic mass is 9.97. The molecule has 0 aromatic heterocycles. The Kier molecular flexibility index (Phi) is 5.44. The summed E-state index contributed by atoms with van der Waals surface area (Å²) in [6.07, 6.45) is -4.07. The zero-order valence-corrected chi connectivity index (χ0v) is 12.7. The number of anilines is 1. The molecule has 0 saturated heterocycles. The third-order valence-corrected chi connectivity index (χ3v) is 3.40. The maximum atomic E-state index is 12.1. The van der Waals surface area contributed by atoms with Gasteiger partial charge in [0.25, 0.3) is 0 Å². The second-order valence-electron chi connectivity index (χ2n) is 4.62. The van der Waals surface area contributed by atoms with Crippen LogP contribution in [0, 0.1) is 0 Å². The number of hydrogen-bond donors (Lipinski definition) is 2. The fraction of sp³-hybridized carbons (Fsp3) is 0.462. The van der Waals surface area contributed by atoms with Crippen molar-refractivity contribution in [2.75, 3.05) is 11.9 Å². The van der Waals surface area contributed by atoms with Crippen LogP contribution >= 0.6 is 15.9 Å². The van der Waals surface area contributed by atoms with E-state index in [0.29, 0.717) is 12.1 Å². The van der Waals surface area contributed by atoms with Gasteiger partial charge in [0.2, 0.25) is 5.91 Å². The van der Waals surface area contributed by atoms with Gasteiger partial charge in [0.05, 0.1) is 0 Å². The van der Waals surface area contributed by atoms with E-state index in [4.69, 9.17) is 0 Å². The minimum Gasteiger partial charge on any atom is -0.371 e. The molecule has 1 rings (SSSR count). The van der Waals surface area contributed by atoms with E-state index < -0.39 is 24.2 Å². The van der Waals surface area contributed by atoms with Gasteiger partial charge in [0.1, 0.15) is 12.1 Å². The third-order valence-electron chi connectivity index (χ3n) is 2.90. The highest BCUT2D eigenvalue weighted by Crippen LogP contribution is 2.22. The van der Waals surface area contributed by atoms with Gasteiger partial charge < -0.3 is 10.6 Å². The molecular formula is C13H16BrF3N2O. The second-order valence-corrected chi connectivity index (χ2v) is 5.53. The highest BCUT2D eigenvalue weighted by atomic mass is 79.9. The molecule has 112 valence electrons. The number of nitrogens with one attached hydrogen (secondary N) is 2. The summed E-state index contributed by atoms with van der Waals surface area (Å²) in [6.45, 7) is 1.97. The summed E-state index contributed by atoms with van der Waals surface area (Å²) < 4.78 is 37.3. The Morgan fingerprint density at radius 1 is 1.35 bits per heavy atom. The van der Waals surface area contributed by atoms with E-state index in [1.165, 1.54) is 0 Å². The lowest BCUT2D eigenvalue weighted by molar-refractivity contribution is -0.140. The van der Waals surface area contributed by atoms with Crippen molar-refractivity contribution >= 4 is 27.5 Å². The second kappa shape index (κ2) is 6.47. The molecule has 0 fully saturated rings. The Morgan fingerprint density at radius 2 is 2.00 bits per heavy atom. The van der Waals surface area contributed by atoms with Crippen LogP contribution in [0.3, 0.4) is 0 Å². The van der Waals surface area contributed by atoms with Crippen molar-refractivity contribution in [1.82, 2.24) is 5.32 Å². The van der Waals surface area contributed by atoms with Crippen LogP contribution in [0.15, 0.2) is 28.7 Å². The molecule has 0 heterocycles. The van der Waals surface area contributed by atoms with Crippen LogP contribution in [0.5, 0.6) is 0 Å². The monoisotopic (exact) mass is 352 g/mol. The molecular weight excluding hydrogens is 337 g/mol. The Balaban J connectivity index is 2.78. The first-order chi connectivity index (χ1) is 9.16. The van der Waals surface area contributed by atoms with Gasteiger partial charge in [-0.05, 0) is 31.5 Å². The molecule has 1 aromatic carbocycles. The Labute approximate surface area is 124 Å². The van der Waals surface area contributed by atoms with Gasteiger partial charge >= 0.3 is 6.18 Å². The van der Waals surface area contributed by atoms with Gasteiger partial charge in [-0.2, -0.15) is 13.2 Å². The maximum absolute atomic E-state index is 12.1. The number of alkyl halides is 3. The summed E-state index contributed by atoms with van der Waals surface area (Å²) >= 11 is 3.30. The molecule has 0 radical (unpaired) electrons. The number of halogens is 4. The maximum Gasteiger partial charge on any atom is 0.405 e. The minimum atomic E-state index is -4.42. The van der Waals surface area contributed by atoms with Gasteiger partial charge in [-0.25, -0.2) is 0 Å². The molecule has 1 amide bonds. The molecule has 0 saturated carbocycles. The Morgan fingerprint density at radius 3 is 2.50 bits per heavy atom. The van der Waals surface area contributed by atoms with Gasteiger partial charge in [0.15, 0.2) is 0 Å². The summed E-state index contributed by atoms with van der Waals surface area (Å²) in [5, 5.41) is 4.88. The van der Waals surface area contributed by atoms with E-state index in [0.717, 1.165) is 4.47 Å². The fourth-order valence-electron chi connectivity index (χ4n) is 1.57. The van der Waals surface area contributed by atoms with E-state index in [1.54, 1.807) is 32.0 Å². The molecule has 0 bridgehead atoms. The molecule has 20 heavy (non-hydrogen) atoms. The topological polar surface area (TPSA) is 41.1 Å². The van der Waals surface area contributed by atoms with E-state index >= 15 is 0 Å². The average molecular weight is 353 g/mol. The molecule has 0 spiro atoms. The molecule has 0 aliphatic heterocycles. The molecule has 0 aliphatic carbocycles. The van der Waals surface area contributed by atoms with Crippen molar-refractivity contribution in [3.63, 3.8) is 0 Å². The molecule has 7 heteroatoms. The van der Waals surface area contributed by atoms with Gasteiger partial charge in [0, 0.05) is 10.2 Å². The first-order valence-electron chi connectivity index (χ1n) is 6.05. The SMILES string of the molecule is CC[C@@](C)(Nc1cccc(Br)c1)C(=O)NCC(F)(F)F. The molecule has 1 aromatic rings. The Bertz CT molecular complexity index is 479. The van der Waals surface area contributed by atoms with Crippen molar-refractivity contribution in [2.45, 2.75) is 32.0 Å². The van der Waals surface area contributed by atoms with Gasteiger partial charge in [-0.3, -0.25) is 4.79 Å². The Hall–Kier alpha value is -1.24. The van der Waals surface area contributed by atoms with Crippen LogP contribution in [0.25, 0.3) is 0 Å². The zero-order chi connectivity index (χ0) is 15.4. The number of carbonyl (C=O) groups excluding carboxylic acids is 1. The van der Waals surface area contributed by atoms with Crippen LogP contribution < -0.4 is 10.6 Å². The highest BCUT2D eigenvalue weighted by molar-refractivity contribution is 9.10. The quantitative estimate of drug-likeness (QED) is 0.848. The molecule has 0 unspecified atom stereocenters. The highest BCUT2D eigenvalue weighted by Gasteiger charge is 2.35. The number of carbonyl (C=O) groups is 1. The smallest absolute Gasteiger partial charge is 0.371 e. The van der Waals surface area contributed by atoms with E-state index in [1.807, 2.05) is 11.4 Å². The van der Waals surface area contributed by atoms with E-state index in [2.05, 4.69) is 21.2 Å². The lowest BCUT2D eigenvalue weighted by Crippen LogP contribution is -2.51. The van der Waals surface area contributed by atoms with Crippen LogP contribution in [0.4, 0.5) is 18.9 Å². The van der Waals surface area contributed by atoms with Crippen molar-refractivity contribution < 1.29 is 18.0 Å². The van der Waals surface area contributed by atoms with Crippen molar-refractivity contribution in [3.05, 3.63) is 28.7 Å². The van der Waals surface area contributed by atoms with Crippen LogP contribution in [0.2, 0.25) is 0 Å². The van der Waals surface area contributed by atoms with E-state index in [-0.39, 0.29) is 0 Å². The molecule has 3 nitrogen and oxygen atoms in total. The normalized spacial score (nSPS) is 14.5. The summed E-state index contributed by atoms with van der Waals surface area (Å²) in [4.78, 5) is 11.9. The number of benzene rings is 1. The summed E-state index contributed by atoms with van der Waals surface area (Å²) in [7, 11) is 0. The largest absolute Gasteiger partial charge is 0.405 e. The van der Waals surface area contributed by atoms with Crippen molar-refractivity contribution in [1.29, 1.82) is 0 Å². The first-order valence-corrected chi connectivity index (χ1v) is 6.84. The van der Waals surface area contributed by atoms with Crippen molar-refractivity contribution in [2.24, 2.45) is 0 Å². The molecule has 0 aliphatic rings. The van der Waals surface area contributed by atoms with Crippen molar-refractivity contribution in [3.8, 4) is 0 Å². The number of rotatable bonds is 5. The van der Waals surface area contributed by atoms with Crippen LogP contribution in [0.1, 0.15) is 20.3 Å². The van der Waals surface area contributed by atoms with Crippen LogP contribution in [-0.4, -0.2) is 24.2 Å². The molecule has 1 atom stereocenters. The third kappa shape index (κ3) is 5.03. The molecule has 2 N–H and O–H groups in total. The fourth-order valence-corrected chi connectivity index (χ4v) is 1.97. The zero-order valence-electron chi connectivity index (χ0n) is 11.1. The average Bonchev–Trinajstić information content (AvgIpc) is 2.34. The predicted molar refractivity (Wildman–Crippen MR) is 75.5 cm³/mol. The summed E-state index contributed by atoms with van der Waals surface area (Å²) in [6, 6.07) is 7.09. The summed E-state index contributed by atoms with van der Waals surface area (Å²) in [5.74, 6) is -0.683. The predicted octanol–water partition coefficient (Wildman–Crippen LogP) is 3.71. The van der Waals surface area contributed by atoms with Gasteiger partial charge in [-0.1, -0.05) is 28.9 Å². The number of amides is 1. The van der Waals surface area contributed by atoms with Crippen LogP contribution in [-0.2, 0) is 4.79 Å². The number of hydrogen-bond acceptors (Lipinski definition) is 2.